The van der Waals surface area contributed by atoms with Gasteiger partial charge in [-0.2, -0.15) is 0 Å². The molecule has 1 heterocycles. The van der Waals surface area contributed by atoms with Crippen LogP contribution < -0.4 is 24.7 Å². The topological polar surface area (TPSA) is 62.9 Å². The molecular formula is C15H19NO4S. The first-order valence-electron chi connectivity index (χ1n) is 6.32. The number of hydrogen-bond acceptors (Lipinski definition) is 6. The van der Waals surface area contributed by atoms with Gasteiger partial charge in [0, 0.05) is 22.4 Å². The fourth-order valence-electron chi connectivity index (χ4n) is 2.09. The largest absolute Gasteiger partial charge is 0.496 e. The molecule has 1 aromatic heterocycles. The van der Waals surface area contributed by atoms with Crippen molar-refractivity contribution in [2.45, 2.75) is 6.04 Å². The monoisotopic (exact) mass is 309 g/mol. The summed E-state index contributed by atoms with van der Waals surface area (Å²) in [5.41, 5.74) is 7.17. The van der Waals surface area contributed by atoms with Crippen molar-refractivity contribution in [1.82, 2.24) is 0 Å². The number of ether oxygens (including phenoxy) is 4. The van der Waals surface area contributed by atoms with E-state index in [0.29, 0.717) is 17.2 Å². The van der Waals surface area contributed by atoms with Crippen LogP contribution in [0.15, 0.2) is 23.6 Å². The highest BCUT2D eigenvalue weighted by Gasteiger charge is 2.22. The Balaban J connectivity index is 2.50. The third kappa shape index (κ3) is 3.06. The Kier molecular flexibility index (Phi) is 4.93. The maximum atomic E-state index is 6.38. The van der Waals surface area contributed by atoms with Gasteiger partial charge in [-0.25, -0.2) is 0 Å². The fraction of sp³-hybridized carbons (Fsp3) is 0.333. The van der Waals surface area contributed by atoms with Gasteiger partial charge in [0.15, 0.2) is 0 Å². The number of benzene rings is 1. The lowest BCUT2D eigenvalue weighted by molar-refractivity contribution is 0.366. The number of thiophene rings is 1. The van der Waals surface area contributed by atoms with Gasteiger partial charge in [-0.1, -0.05) is 0 Å². The SMILES string of the molecule is COc1csc(C(N)c2c(OC)cc(OC)cc2OC)c1. The molecule has 0 aliphatic rings. The smallest absolute Gasteiger partial charge is 0.131 e. The molecule has 1 aromatic carbocycles. The molecule has 0 spiro atoms. The third-order valence-electron chi connectivity index (χ3n) is 3.20. The van der Waals surface area contributed by atoms with Gasteiger partial charge in [0.1, 0.15) is 23.0 Å². The van der Waals surface area contributed by atoms with Crippen molar-refractivity contribution in [2.75, 3.05) is 28.4 Å². The zero-order valence-electron chi connectivity index (χ0n) is 12.5. The molecule has 114 valence electrons. The molecule has 6 heteroatoms. The Morgan fingerprint density at radius 1 is 0.857 bits per heavy atom. The van der Waals surface area contributed by atoms with E-state index in [9.17, 15) is 0 Å². The first kappa shape index (κ1) is 15.5. The fourth-order valence-corrected chi connectivity index (χ4v) is 2.95. The van der Waals surface area contributed by atoms with Crippen molar-refractivity contribution < 1.29 is 18.9 Å². The van der Waals surface area contributed by atoms with Gasteiger partial charge < -0.3 is 24.7 Å². The van der Waals surface area contributed by atoms with E-state index in [4.69, 9.17) is 24.7 Å². The van der Waals surface area contributed by atoms with Gasteiger partial charge in [0.2, 0.25) is 0 Å². The quantitative estimate of drug-likeness (QED) is 0.889. The number of nitrogens with two attached hydrogens (primary N) is 1. The Morgan fingerprint density at radius 2 is 1.43 bits per heavy atom. The van der Waals surface area contributed by atoms with Crippen LogP contribution in [0.25, 0.3) is 0 Å². The highest BCUT2D eigenvalue weighted by molar-refractivity contribution is 7.10. The summed E-state index contributed by atoms with van der Waals surface area (Å²) in [6, 6.07) is 5.14. The van der Waals surface area contributed by atoms with E-state index >= 15 is 0 Å². The van der Waals surface area contributed by atoms with Crippen LogP contribution in [-0.4, -0.2) is 28.4 Å². The van der Waals surface area contributed by atoms with Crippen molar-refractivity contribution in [3.05, 3.63) is 34.0 Å². The Labute approximate surface area is 128 Å². The van der Waals surface area contributed by atoms with E-state index in [1.54, 1.807) is 40.6 Å². The molecule has 5 nitrogen and oxygen atoms in total. The maximum Gasteiger partial charge on any atom is 0.131 e. The van der Waals surface area contributed by atoms with E-state index in [1.807, 2.05) is 11.4 Å². The zero-order valence-corrected chi connectivity index (χ0v) is 13.3. The molecule has 1 unspecified atom stereocenters. The first-order chi connectivity index (χ1) is 10.1. The predicted molar refractivity (Wildman–Crippen MR) is 83.0 cm³/mol. The summed E-state index contributed by atoms with van der Waals surface area (Å²) in [7, 11) is 6.42. The summed E-state index contributed by atoms with van der Waals surface area (Å²) in [6.45, 7) is 0. The van der Waals surface area contributed by atoms with E-state index in [-0.39, 0.29) is 6.04 Å². The van der Waals surface area contributed by atoms with E-state index in [0.717, 1.165) is 16.2 Å². The van der Waals surface area contributed by atoms with Gasteiger partial charge in [-0.05, 0) is 6.07 Å². The lowest BCUT2D eigenvalue weighted by Crippen LogP contribution is -2.13. The summed E-state index contributed by atoms with van der Waals surface area (Å²) in [5.74, 6) is 2.71. The highest BCUT2D eigenvalue weighted by Crippen LogP contribution is 2.41. The molecule has 2 aromatic rings. The van der Waals surface area contributed by atoms with Crippen molar-refractivity contribution >= 4 is 11.3 Å². The van der Waals surface area contributed by atoms with E-state index in [1.165, 1.54) is 11.3 Å². The molecule has 2 N–H and O–H groups in total. The number of rotatable bonds is 6. The summed E-state index contributed by atoms with van der Waals surface area (Å²) in [4.78, 5) is 0.966. The minimum absolute atomic E-state index is 0.366. The molecular weight excluding hydrogens is 290 g/mol. The van der Waals surface area contributed by atoms with Crippen LogP contribution in [0.4, 0.5) is 0 Å². The van der Waals surface area contributed by atoms with Gasteiger partial charge in [0.05, 0.1) is 40.0 Å². The summed E-state index contributed by atoms with van der Waals surface area (Å²) in [5, 5.41) is 1.91. The number of methoxy groups -OCH3 is 4. The molecule has 0 saturated carbocycles. The van der Waals surface area contributed by atoms with Crippen LogP contribution in [-0.2, 0) is 0 Å². The first-order valence-corrected chi connectivity index (χ1v) is 7.20. The lowest BCUT2D eigenvalue weighted by atomic mass is 10.0. The molecule has 21 heavy (non-hydrogen) atoms. The van der Waals surface area contributed by atoms with Crippen molar-refractivity contribution in [2.24, 2.45) is 5.73 Å². The predicted octanol–water partition coefficient (Wildman–Crippen LogP) is 2.83. The highest BCUT2D eigenvalue weighted by atomic mass is 32.1. The van der Waals surface area contributed by atoms with Gasteiger partial charge in [-0.3, -0.25) is 0 Å². The van der Waals surface area contributed by atoms with E-state index < -0.39 is 0 Å². The second kappa shape index (κ2) is 6.69. The zero-order chi connectivity index (χ0) is 15.4. The van der Waals surface area contributed by atoms with Gasteiger partial charge >= 0.3 is 0 Å². The average molecular weight is 309 g/mol. The lowest BCUT2D eigenvalue weighted by Gasteiger charge is -2.19. The molecule has 0 aliphatic carbocycles. The second-order valence-corrected chi connectivity index (χ2v) is 5.25. The maximum absolute atomic E-state index is 6.38. The van der Waals surface area contributed by atoms with Crippen LogP contribution in [0.2, 0.25) is 0 Å². The minimum atomic E-state index is -0.366. The van der Waals surface area contributed by atoms with Gasteiger partial charge in [0.25, 0.3) is 0 Å². The van der Waals surface area contributed by atoms with Crippen LogP contribution >= 0.6 is 11.3 Å². The summed E-state index contributed by atoms with van der Waals surface area (Å²) >= 11 is 1.53. The molecule has 0 fully saturated rings. The standard InChI is InChI=1S/C15H19NO4S/c1-17-9-5-11(19-3)14(12(6-9)20-4)15(16)13-7-10(18-2)8-21-13/h5-8,15H,16H2,1-4H3. The molecule has 1 atom stereocenters. The third-order valence-corrected chi connectivity index (χ3v) is 4.20. The molecule has 0 bridgehead atoms. The van der Waals surface area contributed by atoms with E-state index in [2.05, 4.69) is 0 Å². The average Bonchev–Trinajstić information content (AvgIpc) is 3.01. The van der Waals surface area contributed by atoms with Crippen molar-refractivity contribution in [3.8, 4) is 23.0 Å². The van der Waals surface area contributed by atoms with Crippen LogP contribution in [0.3, 0.4) is 0 Å². The normalized spacial score (nSPS) is 11.9. The Bertz CT molecular complexity index is 586. The van der Waals surface area contributed by atoms with Crippen LogP contribution in [0.5, 0.6) is 23.0 Å². The summed E-state index contributed by atoms with van der Waals surface area (Å²) in [6.07, 6.45) is 0. The Morgan fingerprint density at radius 3 is 1.86 bits per heavy atom. The van der Waals surface area contributed by atoms with Crippen LogP contribution in [0.1, 0.15) is 16.5 Å². The number of hydrogen-bond donors (Lipinski definition) is 1. The van der Waals surface area contributed by atoms with Crippen molar-refractivity contribution in [3.63, 3.8) is 0 Å². The molecule has 2 rings (SSSR count). The molecule has 0 saturated heterocycles. The van der Waals surface area contributed by atoms with Crippen molar-refractivity contribution in [1.29, 1.82) is 0 Å². The molecule has 0 aliphatic heterocycles. The van der Waals surface area contributed by atoms with Crippen LogP contribution in [0, 0.1) is 0 Å². The minimum Gasteiger partial charge on any atom is -0.496 e. The summed E-state index contributed by atoms with van der Waals surface area (Å²) < 4.78 is 21.3. The Hall–Kier alpha value is -1.92. The van der Waals surface area contributed by atoms with Gasteiger partial charge in [-0.15, -0.1) is 11.3 Å². The molecule has 0 radical (unpaired) electrons. The molecule has 0 amide bonds. The second-order valence-electron chi connectivity index (χ2n) is 4.31.